The van der Waals surface area contributed by atoms with Gasteiger partial charge in [0.1, 0.15) is 10.3 Å². The minimum absolute atomic E-state index is 0.00112. The molecule has 0 aromatic carbocycles. The third-order valence-corrected chi connectivity index (χ3v) is 13.6. The molecule has 3 atom stereocenters. The Bertz CT molecular complexity index is 1340. The highest BCUT2D eigenvalue weighted by molar-refractivity contribution is 7.91. The van der Waals surface area contributed by atoms with Crippen molar-refractivity contribution in [2.45, 2.75) is 66.8 Å². The van der Waals surface area contributed by atoms with Crippen LogP contribution < -0.4 is 0 Å². The van der Waals surface area contributed by atoms with Gasteiger partial charge in [-0.1, -0.05) is 11.6 Å². The number of hydrogen-bond acceptors (Lipinski definition) is 7. The van der Waals surface area contributed by atoms with Gasteiger partial charge >= 0.3 is 0 Å². The van der Waals surface area contributed by atoms with Gasteiger partial charge in [-0.25, -0.2) is 8.42 Å². The van der Waals surface area contributed by atoms with Crippen LogP contribution >= 0.6 is 34.3 Å². The number of amides is 2. The molecule has 2 aromatic rings. The molecule has 1 aliphatic carbocycles. The molecule has 1 unspecified atom stereocenters. The van der Waals surface area contributed by atoms with Crippen LogP contribution in [-0.2, 0) is 19.6 Å². The van der Waals surface area contributed by atoms with E-state index in [0.717, 1.165) is 48.7 Å². The summed E-state index contributed by atoms with van der Waals surface area (Å²) in [6.45, 7) is 3.50. The van der Waals surface area contributed by atoms with Crippen molar-refractivity contribution in [3.63, 3.8) is 0 Å². The number of hydrogen-bond donors (Lipinski definition) is 0. The monoisotopic (exact) mass is 596 g/mol. The average molecular weight is 597 g/mol. The number of sulfonamides is 1. The smallest absolute Gasteiger partial charge is 0.253 e. The second-order valence-electron chi connectivity index (χ2n) is 10.9. The Hall–Kier alpha value is -1.50. The lowest BCUT2D eigenvalue weighted by Gasteiger charge is -2.37. The topological polar surface area (TPSA) is 81.2 Å². The highest BCUT2D eigenvalue weighted by Gasteiger charge is 2.63. The minimum Gasteiger partial charge on any atom is -0.334 e. The highest BCUT2D eigenvalue weighted by atomic mass is 35.5. The molecule has 2 aromatic heterocycles. The minimum atomic E-state index is -3.87. The number of rotatable bonds is 7. The number of carbonyl (C=O) groups is 2. The van der Waals surface area contributed by atoms with E-state index in [9.17, 15) is 18.0 Å². The quantitative estimate of drug-likeness (QED) is 0.483. The summed E-state index contributed by atoms with van der Waals surface area (Å²) >= 11 is 8.62. The van der Waals surface area contributed by atoms with Crippen LogP contribution in [0.15, 0.2) is 28.5 Å². The molecule has 0 bridgehead atoms. The second-order valence-corrected chi connectivity index (χ2v) is 15.9. The second kappa shape index (κ2) is 10.2. The van der Waals surface area contributed by atoms with Crippen LogP contribution in [-0.4, -0.2) is 96.6 Å². The van der Waals surface area contributed by atoms with Gasteiger partial charge in [-0.15, -0.1) is 22.7 Å². The fourth-order valence-corrected chi connectivity index (χ4v) is 10.6. The van der Waals surface area contributed by atoms with Crippen LogP contribution in [0.4, 0.5) is 0 Å². The van der Waals surface area contributed by atoms with Gasteiger partial charge in [0.2, 0.25) is 11.8 Å². The first-order valence-corrected chi connectivity index (χ1v) is 16.8. The zero-order chi connectivity index (χ0) is 26.7. The van der Waals surface area contributed by atoms with Crippen LogP contribution in [0, 0.1) is 0 Å². The molecule has 206 valence electrons. The Labute approximate surface area is 237 Å². The lowest BCUT2D eigenvalue weighted by molar-refractivity contribution is -0.145. The average Bonchev–Trinajstić information content (AvgIpc) is 3.49. The van der Waals surface area contributed by atoms with E-state index in [-0.39, 0.29) is 28.1 Å². The molecule has 5 heterocycles. The molecular weight excluding hydrogens is 564 g/mol. The van der Waals surface area contributed by atoms with Crippen LogP contribution in [0.3, 0.4) is 0 Å². The lowest BCUT2D eigenvalue weighted by Crippen LogP contribution is -2.55. The van der Waals surface area contributed by atoms with Crippen molar-refractivity contribution in [3.05, 3.63) is 28.6 Å². The number of carbonyl (C=O) groups excluding carboxylic acids is 2. The standard InChI is InChI=1S/C26H33ClN4O4S3/c1-28(38(34,35)24-10-8-20(37-24)19-7-9-22(27)36-19)18-6-4-14-30(25(18)33)17-23(32)31-15-5-11-26(31)16-21(26)29-12-2-3-13-29/h7-10,18,21H,2-6,11-17H2,1H3/t18-,21-,26?/m0/s1. The summed E-state index contributed by atoms with van der Waals surface area (Å²) in [5.74, 6) is -0.279. The SMILES string of the molecule is CN([C@H]1CCCN(CC(=O)N2CCCC23C[C@@H]3N2CCCC2)C1=O)S(=O)(=O)c1ccc(-c2ccc(Cl)s2)s1. The van der Waals surface area contributed by atoms with Gasteiger partial charge in [0.15, 0.2) is 0 Å². The van der Waals surface area contributed by atoms with Crippen molar-refractivity contribution in [3.8, 4) is 9.75 Å². The summed E-state index contributed by atoms with van der Waals surface area (Å²) in [5.41, 5.74) is -0.0521. The largest absolute Gasteiger partial charge is 0.334 e. The lowest BCUT2D eigenvalue weighted by atomic mass is 10.0. The Balaban J connectivity index is 1.13. The van der Waals surface area contributed by atoms with E-state index in [0.29, 0.717) is 29.8 Å². The van der Waals surface area contributed by atoms with E-state index in [1.54, 1.807) is 23.1 Å². The van der Waals surface area contributed by atoms with Gasteiger partial charge in [0, 0.05) is 35.9 Å². The Kier molecular flexibility index (Phi) is 7.14. The Morgan fingerprint density at radius 1 is 1.05 bits per heavy atom. The predicted molar refractivity (Wildman–Crippen MR) is 150 cm³/mol. The fourth-order valence-electron chi connectivity index (χ4n) is 6.64. The van der Waals surface area contributed by atoms with E-state index >= 15 is 0 Å². The summed E-state index contributed by atoms with van der Waals surface area (Å²) in [6.07, 6.45) is 6.66. The number of thiophene rings is 2. The third kappa shape index (κ3) is 4.62. The molecule has 2 amide bonds. The number of piperidine rings is 1. The first-order chi connectivity index (χ1) is 18.2. The van der Waals surface area contributed by atoms with Gasteiger partial charge < -0.3 is 9.80 Å². The van der Waals surface area contributed by atoms with Crippen molar-refractivity contribution in [2.75, 3.05) is 39.8 Å². The van der Waals surface area contributed by atoms with E-state index in [4.69, 9.17) is 11.6 Å². The number of likely N-dealkylation sites (N-methyl/N-ethyl adjacent to an activating group) is 1. The van der Waals surface area contributed by atoms with Gasteiger partial charge in [-0.05, 0) is 82.3 Å². The summed E-state index contributed by atoms with van der Waals surface area (Å²) in [6, 6.07) is 6.68. The van der Waals surface area contributed by atoms with Crippen LogP contribution in [0.5, 0.6) is 0 Å². The summed E-state index contributed by atoms with van der Waals surface area (Å²) in [5, 5.41) is 0. The van der Waals surface area contributed by atoms with Crippen LogP contribution in [0.25, 0.3) is 9.75 Å². The van der Waals surface area contributed by atoms with Crippen molar-refractivity contribution in [1.82, 2.24) is 19.0 Å². The van der Waals surface area contributed by atoms with Gasteiger partial charge in [0.05, 0.1) is 16.4 Å². The van der Waals surface area contributed by atoms with E-state index in [1.165, 1.54) is 46.9 Å². The molecule has 8 nitrogen and oxygen atoms in total. The summed E-state index contributed by atoms with van der Waals surface area (Å²) in [7, 11) is -2.39. The first-order valence-electron chi connectivity index (χ1n) is 13.4. The summed E-state index contributed by atoms with van der Waals surface area (Å²) < 4.78 is 29.0. The Morgan fingerprint density at radius 3 is 2.53 bits per heavy atom. The molecule has 0 N–H and O–H groups in total. The van der Waals surface area contributed by atoms with E-state index in [2.05, 4.69) is 4.90 Å². The zero-order valence-corrected chi connectivity index (χ0v) is 24.7. The normalized spacial score (nSPS) is 28.2. The van der Waals surface area contributed by atoms with Crippen molar-refractivity contribution >= 4 is 56.1 Å². The molecule has 12 heteroatoms. The number of nitrogens with zero attached hydrogens (tertiary/aromatic N) is 4. The highest BCUT2D eigenvalue weighted by Crippen LogP contribution is 2.53. The van der Waals surface area contributed by atoms with Gasteiger partial charge in [0.25, 0.3) is 10.0 Å². The summed E-state index contributed by atoms with van der Waals surface area (Å²) in [4.78, 5) is 34.9. The molecule has 1 spiro atoms. The molecule has 0 radical (unpaired) electrons. The van der Waals surface area contributed by atoms with E-state index < -0.39 is 16.1 Å². The molecule has 38 heavy (non-hydrogen) atoms. The third-order valence-electron chi connectivity index (χ3n) is 8.72. The molecule has 1 saturated carbocycles. The molecule has 6 rings (SSSR count). The maximum atomic E-state index is 13.5. The molecule has 3 aliphatic heterocycles. The van der Waals surface area contributed by atoms with Gasteiger partial charge in [-0.2, -0.15) is 4.31 Å². The first kappa shape index (κ1) is 26.7. The zero-order valence-electron chi connectivity index (χ0n) is 21.5. The molecule has 4 fully saturated rings. The maximum absolute atomic E-state index is 13.5. The number of halogens is 1. The molecule has 3 saturated heterocycles. The Morgan fingerprint density at radius 2 is 1.79 bits per heavy atom. The van der Waals surface area contributed by atoms with Crippen molar-refractivity contribution < 1.29 is 18.0 Å². The maximum Gasteiger partial charge on any atom is 0.253 e. The van der Waals surface area contributed by atoms with Crippen LogP contribution in [0.1, 0.15) is 44.9 Å². The number of likely N-dealkylation sites (tertiary alicyclic amines) is 3. The van der Waals surface area contributed by atoms with Crippen molar-refractivity contribution in [2.24, 2.45) is 0 Å². The van der Waals surface area contributed by atoms with Gasteiger partial charge in [-0.3, -0.25) is 14.5 Å². The van der Waals surface area contributed by atoms with E-state index in [1.807, 2.05) is 11.0 Å². The van der Waals surface area contributed by atoms with Crippen molar-refractivity contribution in [1.29, 1.82) is 0 Å². The predicted octanol–water partition coefficient (Wildman–Crippen LogP) is 3.97. The van der Waals surface area contributed by atoms with Crippen LogP contribution in [0.2, 0.25) is 4.34 Å². The molecular formula is C26H33ClN4O4S3. The fraction of sp³-hybridized carbons (Fsp3) is 0.615. The molecule has 4 aliphatic rings.